The number of carbonyl (C=O) groups excluding carboxylic acids is 1. The first kappa shape index (κ1) is 24.2. The first-order valence-corrected chi connectivity index (χ1v) is 9.55. The number of nitrogens with one attached hydrogen (secondary N) is 2. The molecule has 1 saturated heterocycles. The van der Waals surface area contributed by atoms with E-state index in [9.17, 15) is 4.79 Å². The molecule has 0 bridgehead atoms. The van der Waals surface area contributed by atoms with E-state index in [4.69, 9.17) is 10.3 Å². The number of guanidine groups is 1. The number of nitriles is 1. The Morgan fingerprint density at radius 1 is 1.29 bits per heavy atom. The molecule has 0 saturated carbocycles. The van der Waals surface area contributed by atoms with Crippen molar-refractivity contribution < 1.29 is 4.79 Å². The largest absolute Gasteiger partial charge is 0.357 e. The van der Waals surface area contributed by atoms with Crippen LogP contribution in [-0.2, 0) is 11.3 Å². The summed E-state index contributed by atoms with van der Waals surface area (Å²) in [7, 11) is 0. The monoisotopic (exact) mass is 498 g/mol. The van der Waals surface area contributed by atoms with Gasteiger partial charge in [-0.15, -0.1) is 24.0 Å². The fraction of sp³-hybridized carbons (Fsp3) is 0.550. The lowest BCUT2D eigenvalue weighted by Crippen LogP contribution is -2.54. The summed E-state index contributed by atoms with van der Waals surface area (Å²) in [6, 6.07) is 9.88. The van der Waals surface area contributed by atoms with Crippen LogP contribution in [0.4, 0.5) is 0 Å². The van der Waals surface area contributed by atoms with Crippen LogP contribution in [0.15, 0.2) is 29.3 Å². The highest BCUT2D eigenvalue weighted by Gasteiger charge is 2.21. The number of carbonyl (C=O) groups is 1. The molecule has 2 rings (SSSR count). The zero-order valence-corrected chi connectivity index (χ0v) is 19.3. The Labute approximate surface area is 185 Å². The first-order valence-electron chi connectivity index (χ1n) is 9.55. The standard InChI is InChI=1S/C20H30N6O.HI/c1-4-22-20(23-14-18-7-5-6-17(12-18)13-21)26-10-8-25(9-11-26)15-19(27)24-16(2)3;/h5-7,12,16H,4,8-11,14-15H2,1-3H3,(H,22,23)(H,24,27);1H. The second-order valence-electron chi connectivity index (χ2n) is 6.97. The molecule has 1 fully saturated rings. The summed E-state index contributed by atoms with van der Waals surface area (Å²) < 4.78 is 0. The highest BCUT2D eigenvalue weighted by atomic mass is 127. The Hall–Kier alpha value is -1.86. The maximum atomic E-state index is 11.9. The summed E-state index contributed by atoms with van der Waals surface area (Å²) in [5.41, 5.74) is 1.68. The van der Waals surface area contributed by atoms with Crippen LogP contribution in [0.2, 0.25) is 0 Å². The van der Waals surface area contributed by atoms with Gasteiger partial charge >= 0.3 is 0 Å². The van der Waals surface area contributed by atoms with Gasteiger partial charge in [-0.1, -0.05) is 12.1 Å². The van der Waals surface area contributed by atoms with Gasteiger partial charge in [-0.3, -0.25) is 9.69 Å². The number of nitrogens with zero attached hydrogens (tertiary/aromatic N) is 4. The number of hydrogen-bond acceptors (Lipinski definition) is 4. The van der Waals surface area contributed by atoms with Crippen molar-refractivity contribution in [2.45, 2.75) is 33.4 Å². The number of rotatable bonds is 6. The van der Waals surface area contributed by atoms with Gasteiger partial charge in [0.1, 0.15) is 0 Å². The SMILES string of the molecule is CCNC(=NCc1cccc(C#N)c1)N1CCN(CC(=O)NC(C)C)CC1.I. The fourth-order valence-corrected chi connectivity index (χ4v) is 3.02. The van der Waals surface area contributed by atoms with Gasteiger partial charge < -0.3 is 15.5 Å². The Bertz CT molecular complexity index is 692. The van der Waals surface area contributed by atoms with Crippen molar-refractivity contribution in [3.8, 4) is 6.07 Å². The third-order valence-corrected chi connectivity index (χ3v) is 4.29. The molecule has 1 aromatic carbocycles. The van der Waals surface area contributed by atoms with Crippen molar-refractivity contribution in [1.82, 2.24) is 20.4 Å². The van der Waals surface area contributed by atoms with Gasteiger partial charge in [0.2, 0.25) is 5.91 Å². The van der Waals surface area contributed by atoms with E-state index < -0.39 is 0 Å². The van der Waals surface area contributed by atoms with Gasteiger partial charge in [-0.05, 0) is 38.5 Å². The van der Waals surface area contributed by atoms with Crippen LogP contribution in [0.25, 0.3) is 0 Å². The van der Waals surface area contributed by atoms with Crippen molar-refractivity contribution in [3.63, 3.8) is 0 Å². The first-order chi connectivity index (χ1) is 13.0. The topological polar surface area (TPSA) is 83.8 Å². The average molecular weight is 498 g/mol. The van der Waals surface area contributed by atoms with Crippen LogP contribution in [0, 0.1) is 11.3 Å². The van der Waals surface area contributed by atoms with E-state index in [2.05, 4.69) is 33.4 Å². The smallest absolute Gasteiger partial charge is 0.234 e. The highest BCUT2D eigenvalue weighted by molar-refractivity contribution is 14.0. The molecule has 0 radical (unpaired) electrons. The second kappa shape index (κ2) is 12.6. The molecule has 0 atom stereocenters. The molecule has 0 unspecified atom stereocenters. The van der Waals surface area contributed by atoms with Crippen LogP contribution >= 0.6 is 24.0 Å². The number of halogens is 1. The van der Waals surface area contributed by atoms with E-state index in [0.29, 0.717) is 18.7 Å². The van der Waals surface area contributed by atoms with E-state index in [1.807, 2.05) is 32.0 Å². The van der Waals surface area contributed by atoms with E-state index >= 15 is 0 Å². The maximum Gasteiger partial charge on any atom is 0.234 e. The number of aliphatic imine (C=N–C) groups is 1. The van der Waals surface area contributed by atoms with Gasteiger partial charge in [0, 0.05) is 38.8 Å². The van der Waals surface area contributed by atoms with Crippen LogP contribution < -0.4 is 10.6 Å². The normalized spacial score (nSPS) is 15.0. The molecule has 28 heavy (non-hydrogen) atoms. The molecule has 0 aromatic heterocycles. The lowest BCUT2D eigenvalue weighted by atomic mass is 10.1. The number of amides is 1. The predicted octanol–water partition coefficient (Wildman–Crippen LogP) is 1.78. The van der Waals surface area contributed by atoms with Crippen molar-refractivity contribution in [2.75, 3.05) is 39.3 Å². The molecule has 7 nitrogen and oxygen atoms in total. The summed E-state index contributed by atoms with van der Waals surface area (Å²) in [6.45, 7) is 11.1. The molecule has 1 heterocycles. The zero-order valence-electron chi connectivity index (χ0n) is 16.9. The van der Waals surface area contributed by atoms with E-state index in [0.717, 1.165) is 44.2 Å². The van der Waals surface area contributed by atoms with E-state index in [1.165, 1.54) is 0 Å². The summed E-state index contributed by atoms with van der Waals surface area (Å²) in [6.07, 6.45) is 0. The average Bonchev–Trinajstić information content (AvgIpc) is 2.65. The Kier molecular flexibility index (Phi) is 10.9. The molecule has 0 spiro atoms. The Morgan fingerprint density at radius 3 is 2.61 bits per heavy atom. The number of benzene rings is 1. The predicted molar refractivity (Wildman–Crippen MR) is 123 cm³/mol. The molecule has 154 valence electrons. The van der Waals surface area contributed by atoms with Crippen molar-refractivity contribution in [2.24, 2.45) is 4.99 Å². The molecule has 1 aliphatic heterocycles. The van der Waals surface area contributed by atoms with E-state index in [-0.39, 0.29) is 35.9 Å². The molecule has 0 aliphatic carbocycles. The van der Waals surface area contributed by atoms with Gasteiger partial charge in [0.25, 0.3) is 0 Å². The summed E-state index contributed by atoms with van der Waals surface area (Å²) >= 11 is 0. The summed E-state index contributed by atoms with van der Waals surface area (Å²) in [4.78, 5) is 21.1. The minimum Gasteiger partial charge on any atom is -0.357 e. The minimum absolute atomic E-state index is 0. The Balaban J connectivity index is 0.00000392. The quantitative estimate of drug-likeness (QED) is 0.355. The molecule has 2 N–H and O–H groups in total. The lowest BCUT2D eigenvalue weighted by Gasteiger charge is -2.36. The highest BCUT2D eigenvalue weighted by Crippen LogP contribution is 2.07. The Morgan fingerprint density at radius 2 is 2.00 bits per heavy atom. The summed E-state index contributed by atoms with van der Waals surface area (Å²) in [5.74, 6) is 0.961. The molecular weight excluding hydrogens is 467 g/mol. The van der Waals surface area contributed by atoms with Gasteiger partial charge in [0.05, 0.1) is 24.7 Å². The molecule has 1 aromatic rings. The minimum atomic E-state index is 0. The fourth-order valence-electron chi connectivity index (χ4n) is 3.02. The maximum absolute atomic E-state index is 11.9. The van der Waals surface area contributed by atoms with Gasteiger partial charge in [-0.25, -0.2) is 4.99 Å². The number of hydrogen-bond donors (Lipinski definition) is 2. The van der Waals surface area contributed by atoms with Crippen molar-refractivity contribution >= 4 is 35.8 Å². The van der Waals surface area contributed by atoms with Crippen LogP contribution in [0.5, 0.6) is 0 Å². The molecular formula is C20H31IN6O. The zero-order chi connectivity index (χ0) is 19.6. The lowest BCUT2D eigenvalue weighted by molar-refractivity contribution is -0.123. The molecule has 1 aliphatic rings. The third kappa shape index (κ3) is 8.02. The van der Waals surface area contributed by atoms with Crippen LogP contribution in [0.1, 0.15) is 31.9 Å². The van der Waals surface area contributed by atoms with Crippen LogP contribution in [-0.4, -0.2) is 67.0 Å². The van der Waals surface area contributed by atoms with Crippen molar-refractivity contribution in [1.29, 1.82) is 5.26 Å². The number of piperazine rings is 1. The molecule has 8 heteroatoms. The van der Waals surface area contributed by atoms with Gasteiger partial charge in [0.15, 0.2) is 5.96 Å². The van der Waals surface area contributed by atoms with Gasteiger partial charge in [-0.2, -0.15) is 5.26 Å². The third-order valence-electron chi connectivity index (χ3n) is 4.29. The summed E-state index contributed by atoms with van der Waals surface area (Å²) in [5, 5.41) is 15.3. The molecule has 1 amide bonds. The van der Waals surface area contributed by atoms with Crippen LogP contribution in [0.3, 0.4) is 0 Å². The van der Waals surface area contributed by atoms with Crippen molar-refractivity contribution in [3.05, 3.63) is 35.4 Å². The second-order valence-corrected chi connectivity index (χ2v) is 6.97. The van der Waals surface area contributed by atoms with E-state index in [1.54, 1.807) is 6.07 Å².